The highest BCUT2D eigenvalue weighted by Gasteiger charge is 2.17. The quantitative estimate of drug-likeness (QED) is 0.460. The number of hydrogen-bond acceptors (Lipinski definition) is 4. The number of H-pyrrole nitrogens is 1. The number of pyridine rings is 1. The Bertz CT molecular complexity index is 1460. The van der Waals surface area contributed by atoms with Crippen molar-refractivity contribution in [3.63, 3.8) is 0 Å². The number of fused-ring (bicyclic) bond motifs is 4. The van der Waals surface area contributed by atoms with Crippen LogP contribution in [0.2, 0.25) is 0 Å². The molecule has 1 aliphatic rings. The molecule has 5 aromatic rings. The molecule has 0 radical (unpaired) electrons. The molecule has 0 saturated carbocycles. The highest BCUT2D eigenvalue weighted by atomic mass is 16.5. The van der Waals surface area contributed by atoms with Crippen LogP contribution in [0.15, 0.2) is 75.9 Å². The van der Waals surface area contributed by atoms with E-state index in [9.17, 15) is 4.79 Å². The van der Waals surface area contributed by atoms with E-state index in [2.05, 4.69) is 28.1 Å². The van der Waals surface area contributed by atoms with Gasteiger partial charge in [0.05, 0.1) is 18.7 Å². The van der Waals surface area contributed by atoms with Gasteiger partial charge < -0.3 is 19.0 Å². The van der Waals surface area contributed by atoms with Gasteiger partial charge in [0.15, 0.2) is 5.43 Å². The Balaban J connectivity index is 1.63. The van der Waals surface area contributed by atoms with Gasteiger partial charge in [0.2, 0.25) is 0 Å². The lowest BCUT2D eigenvalue weighted by Crippen LogP contribution is -2.37. The second-order valence-electron chi connectivity index (χ2n) is 7.63. The van der Waals surface area contributed by atoms with Crippen LogP contribution >= 0.6 is 0 Å². The largest absolute Gasteiger partial charge is 0.455 e. The van der Waals surface area contributed by atoms with E-state index in [0.29, 0.717) is 18.6 Å². The molecule has 2 aromatic heterocycles. The summed E-state index contributed by atoms with van der Waals surface area (Å²) in [7, 11) is 0. The average Bonchev–Trinajstić information content (AvgIpc) is 3.18. The van der Waals surface area contributed by atoms with Crippen LogP contribution in [-0.4, -0.2) is 31.3 Å². The first-order valence-corrected chi connectivity index (χ1v) is 10.2. The number of rotatable bonds is 2. The SMILES string of the molecule is O=c1cc(N2CCOCC2)[nH]c2c(-c3cccc4c3oc3ccccc34)cccc12. The van der Waals surface area contributed by atoms with Crippen molar-refractivity contribution in [3.8, 4) is 11.1 Å². The third-order valence-corrected chi connectivity index (χ3v) is 5.90. The maximum atomic E-state index is 12.9. The van der Waals surface area contributed by atoms with Crippen LogP contribution in [0.5, 0.6) is 0 Å². The smallest absolute Gasteiger partial charge is 0.191 e. The number of hydrogen-bond donors (Lipinski definition) is 1. The number of benzene rings is 3. The number of nitrogens with zero attached hydrogens (tertiary/aromatic N) is 1. The third kappa shape index (κ3) is 2.63. The monoisotopic (exact) mass is 396 g/mol. The molecule has 0 aliphatic carbocycles. The number of ether oxygens (including phenoxy) is 1. The fourth-order valence-electron chi connectivity index (χ4n) is 4.42. The van der Waals surface area contributed by atoms with Crippen LogP contribution in [0.3, 0.4) is 0 Å². The summed E-state index contributed by atoms with van der Waals surface area (Å²) >= 11 is 0. The Labute approximate surface area is 172 Å². The lowest BCUT2D eigenvalue weighted by atomic mass is 9.99. The van der Waals surface area contributed by atoms with Crippen molar-refractivity contribution in [1.82, 2.24) is 4.98 Å². The number of furan rings is 1. The normalized spacial score (nSPS) is 14.7. The van der Waals surface area contributed by atoms with Gasteiger partial charge in [-0.1, -0.05) is 48.5 Å². The van der Waals surface area contributed by atoms with E-state index < -0.39 is 0 Å². The molecule has 148 valence electrons. The summed E-state index contributed by atoms with van der Waals surface area (Å²) in [5.74, 6) is 0.833. The zero-order valence-electron chi connectivity index (χ0n) is 16.4. The Morgan fingerprint density at radius 3 is 2.40 bits per heavy atom. The Morgan fingerprint density at radius 1 is 0.800 bits per heavy atom. The molecule has 0 bridgehead atoms. The standard InChI is InChI=1S/C25H20N2O3/c28-21-15-23(27-11-13-29-14-12-27)26-24-17(6-3-9-20(21)24)19-8-4-7-18-16-5-1-2-10-22(16)30-25(18)19/h1-10,15H,11-14H2,(H,26,28). The van der Waals surface area contributed by atoms with E-state index in [0.717, 1.165) is 57.5 Å². The lowest BCUT2D eigenvalue weighted by molar-refractivity contribution is 0.122. The molecule has 5 nitrogen and oxygen atoms in total. The lowest BCUT2D eigenvalue weighted by Gasteiger charge is -2.28. The molecule has 1 saturated heterocycles. The van der Waals surface area contributed by atoms with Gasteiger partial charge in [-0.05, 0) is 12.1 Å². The average molecular weight is 396 g/mol. The molecule has 3 heterocycles. The van der Waals surface area contributed by atoms with Gasteiger partial charge in [-0.3, -0.25) is 4.79 Å². The number of morpholine rings is 1. The first-order chi connectivity index (χ1) is 14.8. The van der Waals surface area contributed by atoms with Crippen LogP contribution < -0.4 is 10.3 Å². The minimum atomic E-state index is 0.0175. The Kier molecular flexibility index (Phi) is 3.89. The molecule has 0 unspecified atom stereocenters. The summed E-state index contributed by atoms with van der Waals surface area (Å²) in [6.07, 6.45) is 0. The van der Waals surface area contributed by atoms with E-state index in [1.807, 2.05) is 42.5 Å². The Hall–Kier alpha value is -3.57. The summed E-state index contributed by atoms with van der Waals surface area (Å²) < 4.78 is 11.7. The zero-order chi connectivity index (χ0) is 20.1. The molecular weight excluding hydrogens is 376 g/mol. The molecule has 1 N–H and O–H groups in total. The summed E-state index contributed by atoms with van der Waals surface area (Å²) in [5, 5.41) is 2.85. The van der Waals surface area contributed by atoms with Gasteiger partial charge in [-0.25, -0.2) is 0 Å². The molecule has 6 rings (SSSR count). The van der Waals surface area contributed by atoms with Crippen LogP contribution in [-0.2, 0) is 4.74 Å². The predicted octanol–water partition coefficient (Wildman–Crippen LogP) is 4.93. The molecule has 30 heavy (non-hydrogen) atoms. The second-order valence-corrected chi connectivity index (χ2v) is 7.63. The fourth-order valence-corrected chi connectivity index (χ4v) is 4.42. The van der Waals surface area contributed by atoms with Gasteiger partial charge in [-0.15, -0.1) is 0 Å². The third-order valence-electron chi connectivity index (χ3n) is 5.90. The molecule has 3 aromatic carbocycles. The van der Waals surface area contributed by atoms with Crippen LogP contribution in [0, 0.1) is 0 Å². The number of aromatic nitrogens is 1. The maximum Gasteiger partial charge on any atom is 0.191 e. The maximum absolute atomic E-state index is 12.9. The molecule has 5 heteroatoms. The fraction of sp³-hybridized carbons (Fsp3) is 0.160. The highest BCUT2D eigenvalue weighted by Crippen LogP contribution is 2.37. The zero-order valence-corrected chi connectivity index (χ0v) is 16.4. The minimum absolute atomic E-state index is 0.0175. The first kappa shape index (κ1) is 17.3. The van der Waals surface area contributed by atoms with E-state index in [-0.39, 0.29) is 5.43 Å². The van der Waals surface area contributed by atoms with Crippen molar-refractivity contribution < 1.29 is 9.15 Å². The van der Waals surface area contributed by atoms with Gasteiger partial charge in [0.25, 0.3) is 0 Å². The number of anilines is 1. The van der Waals surface area contributed by atoms with E-state index in [1.54, 1.807) is 6.07 Å². The summed E-state index contributed by atoms with van der Waals surface area (Å²) in [6, 6.07) is 21.8. The van der Waals surface area contributed by atoms with E-state index in [4.69, 9.17) is 9.15 Å². The summed E-state index contributed by atoms with van der Waals surface area (Å²) in [6.45, 7) is 2.87. The van der Waals surface area contributed by atoms with Crippen molar-refractivity contribution in [3.05, 3.63) is 77.0 Å². The Morgan fingerprint density at radius 2 is 1.53 bits per heavy atom. The van der Waals surface area contributed by atoms with Crippen LogP contribution in [0.25, 0.3) is 44.0 Å². The van der Waals surface area contributed by atoms with Gasteiger partial charge in [0.1, 0.15) is 17.0 Å². The highest BCUT2D eigenvalue weighted by molar-refractivity contribution is 6.11. The number of nitrogens with one attached hydrogen (secondary N) is 1. The van der Waals surface area contributed by atoms with Crippen molar-refractivity contribution in [1.29, 1.82) is 0 Å². The second kappa shape index (κ2) is 6.75. The predicted molar refractivity (Wildman–Crippen MR) is 120 cm³/mol. The molecule has 0 amide bonds. The van der Waals surface area contributed by atoms with Crippen LogP contribution in [0.4, 0.5) is 5.82 Å². The minimum Gasteiger partial charge on any atom is -0.455 e. The van der Waals surface area contributed by atoms with E-state index >= 15 is 0 Å². The van der Waals surface area contributed by atoms with Crippen molar-refractivity contribution in [2.24, 2.45) is 0 Å². The topological polar surface area (TPSA) is 58.5 Å². The molecule has 0 spiro atoms. The molecule has 0 atom stereocenters. The number of para-hydroxylation sites is 3. The van der Waals surface area contributed by atoms with Gasteiger partial charge >= 0.3 is 0 Å². The van der Waals surface area contributed by atoms with Crippen molar-refractivity contribution >= 4 is 38.7 Å². The van der Waals surface area contributed by atoms with Crippen molar-refractivity contribution in [2.45, 2.75) is 0 Å². The van der Waals surface area contributed by atoms with Gasteiger partial charge in [-0.2, -0.15) is 0 Å². The summed E-state index contributed by atoms with van der Waals surface area (Å²) in [4.78, 5) is 18.6. The molecular formula is C25H20N2O3. The van der Waals surface area contributed by atoms with Crippen molar-refractivity contribution in [2.75, 3.05) is 31.2 Å². The number of aromatic amines is 1. The molecule has 1 fully saturated rings. The van der Waals surface area contributed by atoms with Crippen LogP contribution in [0.1, 0.15) is 0 Å². The van der Waals surface area contributed by atoms with E-state index in [1.165, 1.54) is 0 Å². The summed E-state index contributed by atoms with van der Waals surface area (Å²) in [5.41, 5.74) is 4.49. The first-order valence-electron chi connectivity index (χ1n) is 10.2. The molecule has 1 aliphatic heterocycles. The van der Waals surface area contributed by atoms with Gasteiger partial charge in [0, 0.05) is 46.4 Å².